The van der Waals surface area contributed by atoms with E-state index in [2.05, 4.69) is 29.6 Å². The number of aryl methyl sites for hydroxylation is 1. The van der Waals surface area contributed by atoms with Crippen molar-refractivity contribution < 1.29 is 0 Å². The van der Waals surface area contributed by atoms with Crippen LogP contribution in [0.25, 0.3) is 0 Å². The third-order valence-corrected chi connectivity index (χ3v) is 2.46. The maximum absolute atomic E-state index is 3.47. The van der Waals surface area contributed by atoms with Gasteiger partial charge in [-0.25, -0.2) is 0 Å². The van der Waals surface area contributed by atoms with E-state index in [1.165, 1.54) is 36.9 Å². The molecule has 1 aromatic rings. The molecular formula is C11H15N. The van der Waals surface area contributed by atoms with Gasteiger partial charge in [0.2, 0.25) is 0 Å². The molecule has 0 aromatic heterocycles. The SMILES string of the molecule is c1ccc2c(c1)CCCCCN2. The minimum Gasteiger partial charge on any atom is -0.385 e. The van der Waals surface area contributed by atoms with Gasteiger partial charge in [-0.05, 0) is 30.9 Å². The first kappa shape index (κ1) is 7.66. The second-order valence-corrected chi connectivity index (χ2v) is 3.39. The normalized spacial score (nSPS) is 17.0. The van der Waals surface area contributed by atoms with Crippen LogP contribution in [-0.4, -0.2) is 6.54 Å². The topological polar surface area (TPSA) is 12.0 Å². The summed E-state index contributed by atoms with van der Waals surface area (Å²) in [6.07, 6.45) is 5.26. The quantitative estimate of drug-likeness (QED) is 0.617. The lowest BCUT2D eigenvalue weighted by Gasteiger charge is -2.14. The first-order valence-electron chi connectivity index (χ1n) is 4.78. The molecule has 1 N–H and O–H groups in total. The van der Waals surface area contributed by atoms with Crippen molar-refractivity contribution in [1.82, 2.24) is 0 Å². The van der Waals surface area contributed by atoms with Gasteiger partial charge in [0.05, 0.1) is 0 Å². The van der Waals surface area contributed by atoms with E-state index in [1.807, 2.05) is 0 Å². The van der Waals surface area contributed by atoms with E-state index < -0.39 is 0 Å². The Bertz CT molecular complexity index is 228. The standard InChI is InChI=1S/C11H15N/c1-2-6-10-7-3-4-8-11(10)12-9-5-1/h3-4,7-8,12H,1-2,5-6,9H2. The third-order valence-electron chi connectivity index (χ3n) is 2.46. The number of para-hydroxylation sites is 1. The van der Waals surface area contributed by atoms with Gasteiger partial charge < -0.3 is 5.32 Å². The fraction of sp³-hybridized carbons (Fsp3) is 0.455. The smallest absolute Gasteiger partial charge is 0.0372 e. The molecule has 0 fully saturated rings. The molecule has 0 aliphatic carbocycles. The highest BCUT2D eigenvalue weighted by molar-refractivity contribution is 5.51. The van der Waals surface area contributed by atoms with E-state index in [1.54, 1.807) is 0 Å². The van der Waals surface area contributed by atoms with E-state index >= 15 is 0 Å². The Hall–Kier alpha value is -0.980. The molecule has 1 aromatic carbocycles. The van der Waals surface area contributed by atoms with Gasteiger partial charge in [-0.15, -0.1) is 0 Å². The predicted octanol–water partition coefficient (Wildman–Crippen LogP) is 2.82. The van der Waals surface area contributed by atoms with Crippen molar-refractivity contribution in [2.24, 2.45) is 0 Å². The fourth-order valence-corrected chi connectivity index (χ4v) is 1.75. The van der Waals surface area contributed by atoms with Crippen LogP contribution in [0.15, 0.2) is 24.3 Å². The highest BCUT2D eigenvalue weighted by atomic mass is 14.9. The molecule has 1 heterocycles. The summed E-state index contributed by atoms with van der Waals surface area (Å²) in [5.41, 5.74) is 2.83. The number of fused-ring (bicyclic) bond motifs is 1. The van der Waals surface area contributed by atoms with Gasteiger partial charge in [0.15, 0.2) is 0 Å². The van der Waals surface area contributed by atoms with Crippen LogP contribution >= 0.6 is 0 Å². The lowest BCUT2D eigenvalue weighted by atomic mass is 10.0. The third kappa shape index (κ3) is 1.60. The van der Waals surface area contributed by atoms with Gasteiger partial charge in [-0.1, -0.05) is 24.6 Å². The summed E-state index contributed by atoms with van der Waals surface area (Å²) >= 11 is 0. The van der Waals surface area contributed by atoms with E-state index in [0.29, 0.717) is 0 Å². The molecule has 0 radical (unpaired) electrons. The zero-order chi connectivity index (χ0) is 8.23. The van der Waals surface area contributed by atoms with E-state index in [4.69, 9.17) is 0 Å². The number of nitrogens with one attached hydrogen (secondary N) is 1. The van der Waals surface area contributed by atoms with Crippen LogP contribution in [0.4, 0.5) is 5.69 Å². The Kier molecular flexibility index (Phi) is 2.31. The Morgan fingerprint density at radius 3 is 2.92 bits per heavy atom. The molecule has 0 saturated carbocycles. The molecule has 1 heteroatoms. The van der Waals surface area contributed by atoms with Gasteiger partial charge in [0.25, 0.3) is 0 Å². The first-order valence-corrected chi connectivity index (χ1v) is 4.78. The summed E-state index contributed by atoms with van der Waals surface area (Å²) in [6, 6.07) is 8.64. The Balaban J connectivity index is 2.24. The summed E-state index contributed by atoms with van der Waals surface area (Å²) in [5.74, 6) is 0. The fourth-order valence-electron chi connectivity index (χ4n) is 1.75. The molecule has 64 valence electrons. The van der Waals surface area contributed by atoms with E-state index in [0.717, 1.165) is 6.54 Å². The van der Waals surface area contributed by atoms with Crippen LogP contribution in [0.3, 0.4) is 0 Å². The molecule has 0 saturated heterocycles. The van der Waals surface area contributed by atoms with Crippen LogP contribution in [0.5, 0.6) is 0 Å². The molecule has 0 bridgehead atoms. The van der Waals surface area contributed by atoms with Crippen molar-refractivity contribution in [3.05, 3.63) is 29.8 Å². The molecule has 0 unspecified atom stereocenters. The molecular weight excluding hydrogens is 146 g/mol. The lowest BCUT2D eigenvalue weighted by Crippen LogP contribution is -2.07. The summed E-state index contributed by atoms with van der Waals surface area (Å²) in [6.45, 7) is 1.14. The Morgan fingerprint density at radius 1 is 1.00 bits per heavy atom. The largest absolute Gasteiger partial charge is 0.385 e. The number of benzene rings is 1. The van der Waals surface area contributed by atoms with Gasteiger partial charge in [-0.3, -0.25) is 0 Å². The number of rotatable bonds is 0. The van der Waals surface area contributed by atoms with Crippen LogP contribution in [-0.2, 0) is 6.42 Å². The van der Waals surface area contributed by atoms with Crippen molar-refractivity contribution in [1.29, 1.82) is 0 Å². The minimum absolute atomic E-state index is 1.14. The van der Waals surface area contributed by atoms with Crippen LogP contribution < -0.4 is 5.32 Å². The number of anilines is 1. The monoisotopic (exact) mass is 161 g/mol. The first-order chi connectivity index (χ1) is 5.97. The van der Waals surface area contributed by atoms with E-state index in [9.17, 15) is 0 Å². The summed E-state index contributed by atoms with van der Waals surface area (Å²) in [7, 11) is 0. The van der Waals surface area contributed by atoms with Gasteiger partial charge in [-0.2, -0.15) is 0 Å². The summed E-state index contributed by atoms with van der Waals surface area (Å²) in [5, 5.41) is 3.47. The molecule has 0 atom stereocenters. The average molecular weight is 161 g/mol. The van der Waals surface area contributed by atoms with Gasteiger partial charge in [0, 0.05) is 12.2 Å². The molecule has 1 aliphatic rings. The van der Waals surface area contributed by atoms with Gasteiger partial charge >= 0.3 is 0 Å². The average Bonchev–Trinajstić information content (AvgIpc) is 2.06. The van der Waals surface area contributed by atoms with Crippen LogP contribution in [0.2, 0.25) is 0 Å². The highest BCUT2D eigenvalue weighted by Crippen LogP contribution is 2.19. The number of hydrogen-bond donors (Lipinski definition) is 1. The van der Waals surface area contributed by atoms with E-state index in [-0.39, 0.29) is 0 Å². The summed E-state index contributed by atoms with van der Waals surface area (Å²) < 4.78 is 0. The van der Waals surface area contributed by atoms with Crippen molar-refractivity contribution in [3.8, 4) is 0 Å². The van der Waals surface area contributed by atoms with Crippen molar-refractivity contribution in [2.75, 3.05) is 11.9 Å². The molecule has 12 heavy (non-hydrogen) atoms. The Morgan fingerprint density at radius 2 is 1.92 bits per heavy atom. The highest BCUT2D eigenvalue weighted by Gasteiger charge is 2.03. The zero-order valence-corrected chi connectivity index (χ0v) is 7.34. The molecule has 2 rings (SSSR count). The molecule has 0 amide bonds. The Labute approximate surface area is 73.8 Å². The second kappa shape index (κ2) is 3.61. The number of hydrogen-bond acceptors (Lipinski definition) is 1. The maximum atomic E-state index is 3.47. The van der Waals surface area contributed by atoms with Crippen molar-refractivity contribution in [3.63, 3.8) is 0 Å². The second-order valence-electron chi connectivity index (χ2n) is 3.39. The van der Waals surface area contributed by atoms with Crippen LogP contribution in [0.1, 0.15) is 24.8 Å². The predicted molar refractivity (Wildman–Crippen MR) is 52.5 cm³/mol. The van der Waals surface area contributed by atoms with Crippen molar-refractivity contribution in [2.45, 2.75) is 25.7 Å². The summed E-state index contributed by atoms with van der Waals surface area (Å²) in [4.78, 5) is 0. The lowest BCUT2D eigenvalue weighted by molar-refractivity contribution is 0.686. The maximum Gasteiger partial charge on any atom is 0.0372 e. The zero-order valence-electron chi connectivity index (χ0n) is 7.34. The molecule has 0 spiro atoms. The van der Waals surface area contributed by atoms with Gasteiger partial charge in [0.1, 0.15) is 0 Å². The van der Waals surface area contributed by atoms with Crippen LogP contribution in [0, 0.1) is 0 Å². The molecule has 1 aliphatic heterocycles. The van der Waals surface area contributed by atoms with Crippen molar-refractivity contribution >= 4 is 5.69 Å². The minimum atomic E-state index is 1.14. The molecule has 1 nitrogen and oxygen atoms in total.